The van der Waals surface area contributed by atoms with Crippen LogP contribution in [0.4, 0.5) is 10.5 Å². The molecule has 0 aromatic heterocycles. The average molecular weight is 508 g/mol. The number of hydrogen-bond acceptors (Lipinski definition) is 5. The van der Waals surface area contributed by atoms with Gasteiger partial charge in [0.2, 0.25) is 0 Å². The number of halogens is 2. The first-order valence-corrected chi connectivity index (χ1v) is 10.6. The van der Waals surface area contributed by atoms with Crippen LogP contribution >= 0.6 is 27.5 Å². The third-order valence-electron chi connectivity index (χ3n) is 4.67. The number of amides is 4. The fraction of sp³-hybridized carbons (Fsp3) is 0.227. The van der Waals surface area contributed by atoms with Gasteiger partial charge in [-0.1, -0.05) is 34.5 Å². The largest absolute Gasteiger partial charge is 0.493 e. The molecule has 31 heavy (non-hydrogen) atoms. The zero-order chi connectivity index (χ0) is 22.7. The summed E-state index contributed by atoms with van der Waals surface area (Å²) >= 11 is 9.34. The Hall–Kier alpha value is -2.84. The van der Waals surface area contributed by atoms with Crippen LogP contribution in [0.3, 0.4) is 0 Å². The summed E-state index contributed by atoms with van der Waals surface area (Å²) in [5.74, 6) is -0.555. The van der Waals surface area contributed by atoms with Gasteiger partial charge in [-0.3, -0.25) is 14.9 Å². The Balaban J connectivity index is 2.01. The number of hydrogen-bond donors (Lipinski definition) is 1. The van der Waals surface area contributed by atoms with Gasteiger partial charge in [0.25, 0.3) is 11.8 Å². The number of carbonyl (C=O) groups excluding carboxylic acids is 3. The standard InChI is InChI=1S/C22H20BrClN2O5/c1-4-12(2)31-19-11-17(23)13(10-18(19)30-3)9-16-20(27)25-22(29)26(21(16)28)15-7-5-14(24)6-8-15/h5-12H,4H2,1-3H3,(H,25,27,29)/b16-9+/t12-/m1/s1. The monoisotopic (exact) mass is 506 g/mol. The molecular formula is C22H20BrClN2O5. The van der Waals surface area contributed by atoms with Gasteiger partial charge in [0, 0.05) is 9.50 Å². The zero-order valence-corrected chi connectivity index (χ0v) is 19.4. The highest BCUT2D eigenvalue weighted by Crippen LogP contribution is 2.36. The number of benzene rings is 2. The molecule has 1 fully saturated rings. The second kappa shape index (κ2) is 9.53. The molecule has 7 nitrogen and oxygen atoms in total. The van der Waals surface area contributed by atoms with Crippen molar-refractivity contribution in [1.29, 1.82) is 0 Å². The van der Waals surface area contributed by atoms with Crippen molar-refractivity contribution in [3.63, 3.8) is 0 Å². The highest BCUT2D eigenvalue weighted by Gasteiger charge is 2.37. The lowest BCUT2D eigenvalue weighted by Gasteiger charge is -2.26. The molecule has 9 heteroatoms. The summed E-state index contributed by atoms with van der Waals surface area (Å²) in [4.78, 5) is 38.6. The summed E-state index contributed by atoms with van der Waals surface area (Å²) in [6, 6.07) is 8.68. The summed E-state index contributed by atoms with van der Waals surface area (Å²) in [5.41, 5.74) is 0.601. The van der Waals surface area contributed by atoms with E-state index in [9.17, 15) is 14.4 Å². The molecule has 1 saturated heterocycles. The van der Waals surface area contributed by atoms with Gasteiger partial charge in [0.1, 0.15) is 5.57 Å². The van der Waals surface area contributed by atoms with Gasteiger partial charge in [-0.05, 0) is 61.4 Å². The summed E-state index contributed by atoms with van der Waals surface area (Å²) < 4.78 is 11.9. The van der Waals surface area contributed by atoms with Crippen LogP contribution in [-0.2, 0) is 9.59 Å². The number of nitrogens with one attached hydrogen (secondary N) is 1. The summed E-state index contributed by atoms with van der Waals surface area (Å²) in [6.45, 7) is 3.95. The highest BCUT2D eigenvalue weighted by molar-refractivity contribution is 9.10. The zero-order valence-electron chi connectivity index (χ0n) is 17.1. The SMILES string of the molecule is CC[C@@H](C)Oc1cc(Br)c(/C=C2\C(=O)NC(=O)N(c3ccc(Cl)cc3)C2=O)cc1OC. The molecule has 1 N–H and O–H groups in total. The van der Waals surface area contributed by atoms with E-state index in [2.05, 4.69) is 21.2 Å². The van der Waals surface area contributed by atoms with Crippen molar-refractivity contribution >= 4 is 57.1 Å². The Morgan fingerprint density at radius 3 is 2.45 bits per heavy atom. The van der Waals surface area contributed by atoms with Crippen LogP contribution in [0.2, 0.25) is 5.02 Å². The van der Waals surface area contributed by atoms with Crippen LogP contribution in [0.1, 0.15) is 25.8 Å². The molecule has 0 bridgehead atoms. The molecule has 1 aliphatic rings. The fourth-order valence-electron chi connectivity index (χ4n) is 2.85. The van der Waals surface area contributed by atoms with Gasteiger partial charge in [-0.25, -0.2) is 9.69 Å². The number of imide groups is 2. The van der Waals surface area contributed by atoms with Crippen LogP contribution in [0.5, 0.6) is 11.5 Å². The molecular weight excluding hydrogens is 488 g/mol. The van der Waals surface area contributed by atoms with Gasteiger partial charge in [-0.2, -0.15) is 0 Å². The van der Waals surface area contributed by atoms with E-state index >= 15 is 0 Å². The molecule has 0 radical (unpaired) electrons. The van der Waals surface area contributed by atoms with Gasteiger partial charge in [0.15, 0.2) is 11.5 Å². The van der Waals surface area contributed by atoms with Crippen molar-refractivity contribution < 1.29 is 23.9 Å². The van der Waals surface area contributed by atoms with Gasteiger partial charge in [0.05, 0.1) is 18.9 Å². The minimum atomic E-state index is -0.830. The maximum Gasteiger partial charge on any atom is 0.335 e. The van der Waals surface area contributed by atoms with E-state index in [-0.39, 0.29) is 11.7 Å². The van der Waals surface area contributed by atoms with Crippen molar-refractivity contribution in [1.82, 2.24) is 5.32 Å². The Morgan fingerprint density at radius 1 is 1.16 bits per heavy atom. The minimum Gasteiger partial charge on any atom is -0.493 e. The quantitative estimate of drug-likeness (QED) is 0.441. The number of anilines is 1. The third-order valence-corrected chi connectivity index (χ3v) is 5.61. The Kier molecular flexibility index (Phi) is 7.02. The Bertz CT molecular complexity index is 1070. The second-order valence-corrected chi connectivity index (χ2v) is 8.09. The number of urea groups is 1. The first-order valence-electron chi connectivity index (χ1n) is 9.46. The number of methoxy groups -OCH3 is 1. The van der Waals surface area contributed by atoms with E-state index < -0.39 is 17.8 Å². The summed E-state index contributed by atoms with van der Waals surface area (Å²) in [7, 11) is 1.50. The molecule has 3 rings (SSSR count). The molecule has 1 atom stereocenters. The molecule has 0 saturated carbocycles. The van der Waals surface area contributed by atoms with Crippen molar-refractivity contribution in [2.24, 2.45) is 0 Å². The predicted molar refractivity (Wildman–Crippen MR) is 122 cm³/mol. The van der Waals surface area contributed by atoms with Crippen molar-refractivity contribution in [2.75, 3.05) is 12.0 Å². The van der Waals surface area contributed by atoms with Gasteiger partial charge >= 0.3 is 6.03 Å². The maximum absolute atomic E-state index is 13.0. The molecule has 1 heterocycles. The molecule has 0 spiro atoms. The normalized spacial score (nSPS) is 16.4. The topological polar surface area (TPSA) is 84.9 Å². The van der Waals surface area contributed by atoms with Crippen LogP contribution in [-0.4, -0.2) is 31.1 Å². The van der Waals surface area contributed by atoms with Crippen LogP contribution in [0.25, 0.3) is 6.08 Å². The van der Waals surface area contributed by atoms with Gasteiger partial charge in [-0.15, -0.1) is 0 Å². The van der Waals surface area contributed by atoms with Crippen molar-refractivity contribution in [3.8, 4) is 11.5 Å². The molecule has 2 aromatic rings. The van der Waals surface area contributed by atoms with Crippen LogP contribution < -0.4 is 19.7 Å². The summed E-state index contributed by atoms with van der Waals surface area (Å²) in [5, 5.41) is 2.65. The smallest absolute Gasteiger partial charge is 0.335 e. The van der Waals surface area contributed by atoms with Crippen LogP contribution in [0.15, 0.2) is 46.4 Å². The number of barbiturate groups is 1. The second-order valence-electron chi connectivity index (χ2n) is 6.80. The highest BCUT2D eigenvalue weighted by atomic mass is 79.9. The Labute approximate surface area is 193 Å². The molecule has 2 aromatic carbocycles. The average Bonchev–Trinajstić information content (AvgIpc) is 2.73. The minimum absolute atomic E-state index is 0.0188. The summed E-state index contributed by atoms with van der Waals surface area (Å²) in [6.07, 6.45) is 2.19. The van der Waals surface area contributed by atoms with Gasteiger partial charge < -0.3 is 9.47 Å². The van der Waals surface area contributed by atoms with E-state index in [0.717, 1.165) is 11.3 Å². The van der Waals surface area contributed by atoms with E-state index in [1.165, 1.54) is 25.3 Å². The molecule has 4 amide bonds. The van der Waals surface area contributed by atoms with Crippen molar-refractivity contribution in [2.45, 2.75) is 26.4 Å². The number of carbonyl (C=O) groups is 3. The van der Waals surface area contributed by atoms with E-state index in [1.807, 2.05) is 13.8 Å². The third kappa shape index (κ3) is 4.91. The fourth-order valence-corrected chi connectivity index (χ4v) is 3.41. The Morgan fingerprint density at radius 2 is 1.84 bits per heavy atom. The molecule has 0 unspecified atom stereocenters. The molecule has 0 aliphatic carbocycles. The lowest BCUT2D eigenvalue weighted by molar-refractivity contribution is -0.122. The molecule has 1 aliphatic heterocycles. The lowest BCUT2D eigenvalue weighted by Crippen LogP contribution is -2.54. The first-order chi connectivity index (χ1) is 14.7. The van der Waals surface area contributed by atoms with E-state index in [0.29, 0.717) is 32.2 Å². The van der Waals surface area contributed by atoms with Crippen LogP contribution in [0, 0.1) is 0 Å². The number of ether oxygens (including phenoxy) is 2. The maximum atomic E-state index is 13.0. The molecule has 162 valence electrons. The van der Waals surface area contributed by atoms with Crippen molar-refractivity contribution in [3.05, 3.63) is 57.0 Å². The first kappa shape index (κ1) is 22.8. The van der Waals surface area contributed by atoms with E-state index in [4.69, 9.17) is 21.1 Å². The lowest BCUT2D eigenvalue weighted by atomic mass is 10.1. The number of nitrogens with zero attached hydrogens (tertiary/aromatic N) is 1. The number of rotatable bonds is 6. The predicted octanol–water partition coefficient (Wildman–Crippen LogP) is 4.95. The van der Waals surface area contributed by atoms with E-state index in [1.54, 1.807) is 24.3 Å².